The van der Waals surface area contributed by atoms with Crippen LogP contribution in [-0.2, 0) is 5.75 Å². The molecule has 1 aliphatic carbocycles. The first kappa shape index (κ1) is 22.8. The van der Waals surface area contributed by atoms with Crippen LogP contribution in [0.2, 0.25) is 0 Å². The fourth-order valence-electron chi connectivity index (χ4n) is 5.04. The lowest BCUT2D eigenvalue weighted by atomic mass is 9.97. The highest BCUT2D eigenvalue weighted by molar-refractivity contribution is 7.99. The molecule has 34 heavy (non-hydrogen) atoms. The summed E-state index contributed by atoms with van der Waals surface area (Å²) >= 11 is 1.98. The van der Waals surface area contributed by atoms with Gasteiger partial charge in [-0.2, -0.15) is 11.8 Å². The number of benzene rings is 3. The van der Waals surface area contributed by atoms with Gasteiger partial charge >= 0.3 is 0 Å². The molecule has 0 unspecified atom stereocenters. The van der Waals surface area contributed by atoms with Crippen LogP contribution >= 0.6 is 11.8 Å². The number of rotatable bonds is 7. The van der Waals surface area contributed by atoms with Crippen molar-refractivity contribution in [3.8, 4) is 0 Å². The molecule has 1 aromatic heterocycles. The van der Waals surface area contributed by atoms with Crippen molar-refractivity contribution in [1.29, 1.82) is 0 Å². The van der Waals surface area contributed by atoms with Gasteiger partial charge in [0.25, 0.3) is 5.91 Å². The van der Waals surface area contributed by atoms with Crippen LogP contribution in [0.3, 0.4) is 0 Å². The smallest absolute Gasteiger partial charge is 0.290 e. The first-order chi connectivity index (χ1) is 16.7. The minimum absolute atomic E-state index is 0.0758. The maximum atomic E-state index is 14.0. The number of amides is 1. The largest absolute Gasteiger partial charge is 0.451 e. The van der Waals surface area contributed by atoms with Crippen LogP contribution in [0.15, 0.2) is 89.3 Å². The number of carbonyl (C=O) groups is 1. The molecule has 0 atom stereocenters. The van der Waals surface area contributed by atoms with E-state index in [1.807, 2.05) is 78.3 Å². The summed E-state index contributed by atoms with van der Waals surface area (Å²) in [5.74, 6) is 1.20. The Morgan fingerprint density at radius 1 is 0.882 bits per heavy atom. The third-order valence-electron chi connectivity index (χ3n) is 6.85. The Kier molecular flexibility index (Phi) is 7.05. The molecule has 1 fully saturated rings. The number of hydrogen-bond acceptors (Lipinski definition) is 3. The van der Waals surface area contributed by atoms with Crippen LogP contribution in [0.4, 0.5) is 0 Å². The van der Waals surface area contributed by atoms with Gasteiger partial charge in [0.15, 0.2) is 5.76 Å². The summed E-state index contributed by atoms with van der Waals surface area (Å²) in [4.78, 5) is 15.8. The van der Waals surface area contributed by atoms with Crippen LogP contribution in [-0.4, -0.2) is 23.1 Å². The lowest BCUT2D eigenvalue weighted by molar-refractivity contribution is 0.0724. The number of hydrogen-bond donors (Lipinski definition) is 0. The van der Waals surface area contributed by atoms with E-state index in [2.05, 4.69) is 30.3 Å². The first-order valence-electron chi connectivity index (χ1n) is 12.2. The maximum absolute atomic E-state index is 14.0. The molecule has 5 rings (SSSR count). The second kappa shape index (κ2) is 10.5. The van der Waals surface area contributed by atoms with Gasteiger partial charge in [-0.3, -0.25) is 4.79 Å². The molecule has 0 aliphatic heterocycles. The molecule has 3 aromatic carbocycles. The third kappa shape index (κ3) is 4.78. The van der Waals surface area contributed by atoms with Gasteiger partial charge in [0.1, 0.15) is 5.58 Å². The predicted molar refractivity (Wildman–Crippen MR) is 141 cm³/mol. The summed E-state index contributed by atoms with van der Waals surface area (Å²) in [5, 5.41) is 1.73. The van der Waals surface area contributed by atoms with Crippen LogP contribution in [0.5, 0.6) is 0 Å². The number of thioether (sulfide) groups is 1. The average molecular weight is 470 g/mol. The van der Waals surface area contributed by atoms with Crippen molar-refractivity contribution in [2.45, 2.75) is 49.1 Å². The molecule has 0 spiro atoms. The Morgan fingerprint density at radius 3 is 2.12 bits per heavy atom. The lowest BCUT2D eigenvalue weighted by Gasteiger charge is -2.29. The molecule has 0 bridgehead atoms. The van der Waals surface area contributed by atoms with Gasteiger partial charge in [-0.1, -0.05) is 98.1 Å². The second-order valence-corrected chi connectivity index (χ2v) is 10.4. The molecular formula is C30H31NO2S. The quantitative estimate of drug-likeness (QED) is 0.276. The highest BCUT2D eigenvalue weighted by Crippen LogP contribution is 2.37. The standard InChI is InChI=1S/C30H31NO2S/c1-31(28(22-13-5-2-6-14-22)23-15-7-3-8-16-23)30(32)29-26(21-34-24-17-9-4-10-18-24)25-19-11-12-20-27(25)33-29/h2-3,5-8,11-16,19-20,24,28H,4,9-10,17-18,21H2,1H3. The molecule has 1 saturated carbocycles. The monoisotopic (exact) mass is 469 g/mol. The molecule has 0 N–H and O–H groups in total. The van der Waals surface area contributed by atoms with Crippen molar-refractivity contribution in [1.82, 2.24) is 4.90 Å². The fraction of sp³-hybridized carbons (Fsp3) is 0.300. The highest BCUT2D eigenvalue weighted by Gasteiger charge is 2.30. The Hall–Kier alpha value is -2.98. The van der Waals surface area contributed by atoms with Gasteiger partial charge in [-0.05, 0) is 30.0 Å². The van der Waals surface area contributed by atoms with E-state index >= 15 is 0 Å². The molecule has 0 radical (unpaired) electrons. The summed E-state index contributed by atoms with van der Waals surface area (Å²) in [6.07, 6.45) is 6.52. The average Bonchev–Trinajstić information content (AvgIpc) is 3.27. The zero-order valence-electron chi connectivity index (χ0n) is 19.7. The van der Waals surface area contributed by atoms with E-state index in [1.54, 1.807) is 0 Å². The van der Waals surface area contributed by atoms with E-state index in [4.69, 9.17) is 4.42 Å². The van der Waals surface area contributed by atoms with Crippen molar-refractivity contribution in [3.63, 3.8) is 0 Å². The van der Waals surface area contributed by atoms with Crippen molar-refractivity contribution in [2.24, 2.45) is 0 Å². The highest BCUT2D eigenvalue weighted by atomic mass is 32.2. The third-order valence-corrected chi connectivity index (χ3v) is 8.24. The Morgan fingerprint density at radius 2 is 1.47 bits per heavy atom. The molecule has 4 heteroatoms. The lowest BCUT2D eigenvalue weighted by Crippen LogP contribution is -2.32. The van der Waals surface area contributed by atoms with Crippen LogP contribution in [0.25, 0.3) is 11.0 Å². The molecule has 1 amide bonds. The Balaban J connectivity index is 1.50. The van der Waals surface area contributed by atoms with Crippen LogP contribution < -0.4 is 0 Å². The van der Waals surface area contributed by atoms with Gasteiger partial charge in [-0.15, -0.1) is 0 Å². The fourth-order valence-corrected chi connectivity index (χ4v) is 6.39. The first-order valence-corrected chi connectivity index (χ1v) is 13.3. The molecule has 174 valence electrons. The maximum Gasteiger partial charge on any atom is 0.290 e. The number of furan rings is 1. The van der Waals surface area contributed by atoms with Gasteiger partial charge in [0.05, 0.1) is 6.04 Å². The van der Waals surface area contributed by atoms with Crippen molar-refractivity contribution < 1.29 is 9.21 Å². The molecular weight excluding hydrogens is 438 g/mol. The van der Waals surface area contributed by atoms with Crippen LogP contribution in [0.1, 0.15) is 65.4 Å². The van der Waals surface area contributed by atoms with E-state index in [0.717, 1.165) is 33.4 Å². The number of para-hydroxylation sites is 1. The van der Waals surface area contributed by atoms with Crippen molar-refractivity contribution in [3.05, 3.63) is 107 Å². The predicted octanol–water partition coefficient (Wildman–Crippen LogP) is 7.86. The summed E-state index contributed by atoms with van der Waals surface area (Å²) in [7, 11) is 1.89. The van der Waals surface area contributed by atoms with Gasteiger partial charge in [-0.25, -0.2) is 0 Å². The number of fused-ring (bicyclic) bond motifs is 1. The Bertz CT molecular complexity index is 1190. The van der Waals surface area contributed by atoms with E-state index in [-0.39, 0.29) is 11.9 Å². The number of carbonyl (C=O) groups excluding carboxylic acids is 1. The zero-order valence-corrected chi connectivity index (χ0v) is 20.5. The summed E-state index contributed by atoms with van der Waals surface area (Å²) in [6, 6.07) is 28.3. The minimum atomic E-state index is -0.193. The van der Waals surface area contributed by atoms with Crippen molar-refractivity contribution >= 4 is 28.6 Å². The Labute approximate surface area is 206 Å². The molecule has 4 aromatic rings. The topological polar surface area (TPSA) is 33.5 Å². The molecule has 3 nitrogen and oxygen atoms in total. The van der Waals surface area contributed by atoms with E-state index in [0.29, 0.717) is 11.0 Å². The van der Waals surface area contributed by atoms with E-state index < -0.39 is 0 Å². The molecule has 0 saturated heterocycles. The second-order valence-electron chi connectivity index (χ2n) is 9.12. The van der Waals surface area contributed by atoms with Gasteiger partial charge < -0.3 is 9.32 Å². The summed E-state index contributed by atoms with van der Waals surface area (Å²) < 4.78 is 6.24. The summed E-state index contributed by atoms with van der Waals surface area (Å²) in [5.41, 5.74) is 3.98. The number of nitrogens with zero attached hydrogens (tertiary/aromatic N) is 1. The van der Waals surface area contributed by atoms with Gasteiger partial charge in [0.2, 0.25) is 0 Å². The van der Waals surface area contributed by atoms with Crippen LogP contribution in [0, 0.1) is 0 Å². The molecule has 1 aliphatic rings. The van der Waals surface area contributed by atoms with E-state index in [9.17, 15) is 4.79 Å². The van der Waals surface area contributed by atoms with Crippen molar-refractivity contribution in [2.75, 3.05) is 7.05 Å². The summed E-state index contributed by atoms with van der Waals surface area (Å²) in [6.45, 7) is 0. The minimum Gasteiger partial charge on any atom is -0.451 e. The van der Waals surface area contributed by atoms with Gasteiger partial charge in [0, 0.05) is 29.0 Å². The van der Waals surface area contributed by atoms with E-state index in [1.165, 1.54) is 32.1 Å². The normalized spacial score (nSPS) is 14.5. The zero-order chi connectivity index (χ0) is 23.3. The molecule has 1 heterocycles. The SMILES string of the molecule is CN(C(=O)c1oc2ccccc2c1CSC1CCCCC1)C(c1ccccc1)c1ccccc1.